The highest BCUT2D eigenvalue weighted by atomic mass is 16.4. The molecule has 1 aromatic heterocycles. The zero-order chi connectivity index (χ0) is 14.0. The molecule has 1 atom stereocenters. The fraction of sp³-hybridized carbons (Fsp3) is 0.615. The fourth-order valence-electron chi connectivity index (χ4n) is 2.45. The molecule has 0 radical (unpaired) electrons. The van der Waals surface area contributed by atoms with E-state index < -0.39 is 12.0 Å². The Morgan fingerprint density at radius 1 is 1.47 bits per heavy atom. The van der Waals surface area contributed by atoms with Gasteiger partial charge in [0.15, 0.2) is 0 Å². The first-order valence-electron chi connectivity index (χ1n) is 6.56. The maximum Gasteiger partial charge on any atom is 0.326 e. The number of hydrogen-bond acceptors (Lipinski definition) is 3. The van der Waals surface area contributed by atoms with E-state index in [0.717, 1.165) is 25.7 Å². The lowest BCUT2D eigenvalue weighted by Gasteiger charge is -2.23. The third-order valence-electron chi connectivity index (χ3n) is 3.82. The van der Waals surface area contributed by atoms with Gasteiger partial charge in [-0.3, -0.25) is 9.48 Å². The average Bonchev–Trinajstić information content (AvgIpc) is 3.05. The van der Waals surface area contributed by atoms with Crippen LogP contribution in [0.5, 0.6) is 0 Å². The van der Waals surface area contributed by atoms with Crippen molar-refractivity contribution in [1.29, 1.82) is 0 Å². The number of nitrogens with zero attached hydrogens (tertiary/aromatic N) is 3. The zero-order valence-corrected chi connectivity index (χ0v) is 11.2. The third kappa shape index (κ3) is 2.62. The minimum Gasteiger partial charge on any atom is -0.480 e. The second kappa shape index (κ2) is 5.42. The van der Waals surface area contributed by atoms with Crippen molar-refractivity contribution in [2.75, 3.05) is 7.05 Å². The van der Waals surface area contributed by atoms with Gasteiger partial charge in [0.25, 0.3) is 5.91 Å². The van der Waals surface area contributed by atoms with Crippen molar-refractivity contribution in [2.24, 2.45) is 0 Å². The van der Waals surface area contributed by atoms with Gasteiger partial charge < -0.3 is 10.0 Å². The number of amides is 1. The number of carboxylic acid groups (broad SMARTS) is 1. The van der Waals surface area contributed by atoms with E-state index in [1.807, 2.05) is 0 Å². The van der Waals surface area contributed by atoms with Crippen LogP contribution in [0.3, 0.4) is 0 Å². The molecule has 0 bridgehead atoms. The quantitative estimate of drug-likeness (QED) is 0.896. The molecule has 1 unspecified atom stereocenters. The van der Waals surface area contributed by atoms with Crippen LogP contribution in [-0.4, -0.2) is 44.8 Å². The summed E-state index contributed by atoms with van der Waals surface area (Å²) in [5.41, 5.74) is 0.475. The van der Waals surface area contributed by atoms with Gasteiger partial charge in [-0.1, -0.05) is 12.8 Å². The summed E-state index contributed by atoms with van der Waals surface area (Å²) in [7, 11) is 1.51. The molecule has 0 saturated heterocycles. The molecule has 1 fully saturated rings. The van der Waals surface area contributed by atoms with Crippen molar-refractivity contribution in [2.45, 2.75) is 44.7 Å². The Morgan fingerprint density at radius 2 is 2.11 bits per heavy atom. The molecule has 0 spiro atoms. The summed E-state index contributed by atoms with van der Waals surface area (Å²) >= 11 is 0. The van der Waals surface area contributed by atoms with Crippen molar-refractivity contribution in [3.05, 3.63) is 18.0 Å². The first kappa shape index (κ1) is 13.6. The maximum absolute atomic E-state index is 12.3. The van der Waals surface area contributed by atoms with E-state index in [0.29, 0.717) is 5.69 Å². The molecule has 0 aromatic carbocycles. The molecule has 1 N–H and O–H groups in total. The maximum atomic E-state index is 12.3. The van der Waals surface area contributed by atoms with E-state index in [1.165, 1.54) is 18.9 Å². The molecular formula is C13H19N3O3. The van der Waals surface area contributed by atoms with Gasteiger partial charge in [-0.15, -0.1) is 0 Å². The van der Waals surface area contributed by atoms with Gasteiger partial charge in [0.1, 0.15) is 11.7 Å². The van der Waals surface area contributed by atoms with Crippen LogP contribution in [-0.2, 0) is 4.79 Å². The summed E-state index contributed by atoms with van der Waals surface area (Å²) in [5, 5.41) is 13.2. The van der Waals surface area contributed by atoms with E-state index in [1.54, 1.807) is 16.9 Å². The molecule has 6 nitrogen and oxygen atoms in total. The first-order chi connectivity index (χ1) is 9.02. The predicted molar refractivity (Wildman–Crippen MR) is 68.9 cm³/mol. The van der Waals surface area contributed by atoms with Crippen LogP contribution >= 0.6 is 0 Å². The van der Waals surface area contributed by atoms with E-state index >= 15 is 0 Å². The van der Waals surface area contributed by atoms with Crippen LogP contribution in [0.25, 0.3) is 0 Å². The molecule has 1 aliphatic rings. The number of aliphatic carboxylic acids is 1. The topological polar surface area (TPSA) is 75.4 Å². The average molecular weight is 265 g/mol. The lowest BCUT2D eigenvalue weighted by molar-refractivity contribution is -0.141. The highest BCUT2D eigenvalue weighted by molar-refractivity contribution is 5.94. The van der Waals surface area contributed by atoms with Gasteiger partial charge >= 0.3 is 5.97 Å². The van der Waals surface area contributed by atoms with Gasteiger partial charge in [-0.05, 0) is 25.8 Å². The number of likely N-dealkylation sites (N-methyl/N-ethyl adjacent to an activating group) is 1. The lowest BCUT2D eigenvalue weighted by Crippen LogP contribution is -2.41. The normalized spacial score (nSPS) is 17.4. The fourth-order valence-corrected chi connectivity index (χ4v) is 2.45. The van der Waals surface area contributed by atoms with Crippen molar-refractivity contribution >= 4 is 11.9 Å². The molecule has 19 heavy (non-hydrogen) atoms. The predicted octanol–water partition coefficient (Wildman–Crippen LogP) is 1.54. The monoisotopic (exact) mass is 265 g/mol. The highest BCUT2D eigenvalue weighted by Gasteiger charge is 2.28. The van der Waals surface area contributed by atoms with Crippen LogP contribution < -0.4 is 0 Å². The number of carboxylic acids is 1. The summed E-state index contributed by atoms with van der Waals surface area (Å²) in [6, 6.07) is 1.08. The first-order valence-corrected chi connectivity index (χ1v) is 6.56. The smallest absolute Gasteiger partial charge is 0.326 e. The Morgan fingerprint density at radius 3 is 2.68 bits per heavy atom. The highest BCUT2D eigenvalue weighted by Crippen LogP contribution is 2.30. The molecule has 1 aliphatic carbocycles. The lowest BCUT2D eigenvalue weighted by atomic mass is 10.2. The molecule has 0 aliphatic heterocycles. The molecule has 1 saturated carbocycles. The molecule has 1 aromatic rings. The van der Waals surface area contributed by atoms with Gasteiger partial charge in [0, 0.05) is 13.2 Å². The van der Waals surface area contributed by atoms with Crippen molar-refractivity contribution in [1.82, 2.24) is 14.7 Å². The summed E-state index contributed by atoms with van der Waals surface area (Å²) in [4.78, 5) is 24.5. The Hall–Kier alpha value is -1.85. The van der Waals surface area contributed by atoms with E-state index in [-0.39, 0.29) is 11.9 Å². The number of carbonyl (C=O) groups is 2. The number of hydrogen-bond donors (Lipinski definition) is 1. The van der Waals surface area contributed by atoms with E-state index in [4.69, 9.17) is 5.11 Å². The van der Waals surface area contributed by atoms with Crippen molar-refractivity contribution in [3.8, 4) is 0 Å². The number of aromatic nitrogens is 2. The molecule has 1 amide bonds. The van der Waals surface area contributed by atoms with E-state index in [2.05, 4.69) is 5.10 Å². The largest absolute Gasteiger partial charge is 0.480 e. The van der Waals surface area contributed by atoms with Crippen LogP contribution in [0, 0.1) is 0 Å². The van der Waals surface area contributed by atoms with Crippen LogP contribution in [0.2, 0.25) is 0 Å². The van der Waals surface area contributed by atoms with Gasteiger partial charge in [-0.25, -0.2) is 4.79 Å². The SMILES string of the molecule is CC(C(=O)O)N(C)C(=O)c1ccnn1C1CCCC1. The Balaban J connectivity index is 2.19. The van der Waals surface area contributed by atoms with Crippen LogP contribution in [0.1, 0.15) is 49.1 Å². The minimum absolute atomic E-state index is 0.266. The molecule has 104 valence electrons. The second-order valence-corrected chi connectivity index (χ2v) is 5.03. The molecular weight excluding hydrogens is 246 g/mol. The van der Waals surface area contributed by atoms with Crippen LogP contribution in [0.15, 0.2) is 12.3 Å². The Kier molecular flexibility index (Phi) is 3.87. The molecule has 1 heterocycles. The van der Waals surface area contributed by atoms with Gasteiger partial charge in [0.05, 0.1) is 6.04 Å². The minimum atomic E-state index is -1.01. The third-order valence-corrected chi connectivity index (χ3v) is 3.82. The van der Waals surface area contributed by atoms with Crippen molar-refractivity contribution in [3.63, 3.8) is 0 Å². The molecule has 6 heteroatoms. The summed E-state index contributed by atoms with van der Waals surface area (Å²) in [5.74, 6) is -1.30. The van der Waals surface area contributed by atoms with Crippen molar-refractivity contribution < 1.29 is 14.7 Å². The zero-order valence-electron chi connectivity index (χ0n) is 11.2. The standard InChI is InChI=1S/C13H19N3O3/c1-9(13(18)19)15(2)12(17)11-7-8-14-16(11)10-5-3-4-6-10/h7-10H,3-6H2,1-2H3,(H,18,19). The Labute approximate surface area is 112 Å². The summed E-state index contributed by atoms with van der Waals surface area (Å²) in [6.07, 6.45) is 5.96. The summed E-state index contributed by atoms with van der Waals surface area (Å²) < 4.78 is 1.75. The number of carbonyl (C=O) groups excluding carboxylic acids is 1. The van der Waals surface area contributed by atoms with Gasteiger partial charge in [-0.2, -0.15) is 5.10 Å². The second-order valence-electron chi connectivity index (χ2n) is 5.03. The van der Waals surface area contributed by atoms with Crippen LogP contribution in [0.4, 0.5) is 0 Å². The van der Waals surface area contributed by atoms with Gasteiger partial charge in [0.2, 0.25) is 0 Å². The molecule has 2 rings (SSSR count). The summed E-state index contributed by atoms with van der Waals surface area (Å²) in [6.45, 7) is 1.50. The number of rotatable bonds is 4. The van der Waals surface area contributed by atoms with E-state index in [9.17, 15) is 9.59 Å². The Bertz CT molecular complexity index is 477.